The fraction of sp³-hybridized carbons (Fsp3) is 0.111. The Morgan fingerprint density at radius 3 is 2.32 bits per heavy atom. The standard InChI is InChI=1S/C27H23FN4O5/c1-2-7-25(33)36-23-11-6-5-10-21(23)30-26(34)24-16-22(32-37-24)17-12-14-18(15-13-17)29-27(35)31-20-9-4-3-8-19(20)28/h3-6,8-16H,2,7H2,1H3,(H,30,34)(H2,29,31,35). The molecule has 0 aliphatic rings. The smallest absolute Gasteiger partial charge is 0.323 e. The Morgan fingerprint density at radius 1 is 0.892 bits per heavy atom. The van der Waals surface area contributed by atoms with E-state index in [1.165, 1.54) is 24.3 Å². The Kier molecular flexibility index (Phi) is 7.89. The van der Waals surface area contributed by atoms with Crippen LogP contribution in [0, 0.1) is 5.82 Å². The average molecular weight is 503 g/mol. The van der Waals surface area contributed by atoms with Crippen molar-refractivity contribution in [2.45, 2.75) is 19.8 Å². The third-order valence-electron chi connectivity index (χ3n) is 5.11. The van der Waals surface area contributed by atoms with Crippen LogP contribution in [0.15, 0.2) is 83.4 Å². The first-order valence-electron chi connectivity index (χ1n) is 11.4. The zero-order chi connectivity index (χ0) is 26.2. The van der Waals surface area contributed by atoms with E-state index in [0.717, 1.165) is 0 Å². The predicted molar refractivity (Wildman–Crippen MR) is 136 cm³/mol. The zero-order valence-electron chi connectivity index (χ0n) is 19.8. The number of ether oxygens (including phenoxy) is 1. The van der Waals surface area contributed by atoms with Gasteiger partial charge < -0.3 is 25.2 Å². The van der Waals surface area contributed by atoms with E-state index in [9.17, 15) is 18.8 Å². The molecule has 37 heavy (non-hydrogen) atoms. The van der Waals surface area contributed by atoms with E-state index in [4.69, 9.17) is 9.26 Å². The van der Waals surface area contributed by atoms with Crippen molar-refractivity contribution in [2.75, 3.05) is 16.0 Å². The number of esters is 1. The lowest BCUT2D eigenvalue weighted by atomic mass is 10.1. The lowest BCUT2D eigenvalue weighted by molar-refractivity contribution is -0.134. The van der Waals surface area contributed by atoms with Gasteiger partial charge in [0.1, 0.15) is 11.5 Å². The van der Waals surface area contributed by atoms with Gasteiger partial charge in [0.05, 0.1) is 11.4 Å². The van der Waals surface area contributed by atoms with E-state index in [1.54, 1.807) is 54.6 Å². The fourth-order valence-electron chi connectivity index (χ4n) is 3.31. The molecule has 0 unspecified atom stereocenters. The van der Waals surface area contributed by atoms with E-state index in [-0.39, 0.29) is 23.6 Å². The molecule has 0 fully saturated rings. The molecule has 4 rings (SSSR count). The van der Waals surface area contributed by atoms with Crippen molar-refractivity contribution in [1.29, 1.82) is 0 Å². The van der Waals surface area contributed by atoms with Gasteiger partial charge in [0, 0.05) is 23.7 Å². The number of carbonyl (C=O) groups is 3. The number of para-hydroxylation sites is 3. The first-order chi connectivity index (χ1) is 17.9. The van der Waals surface area contributed by atoms with E-state index in [2.05, 4.69) is 21.1 Å². The molecule has 0 spiro atoms. The summed E-state index contributed by atoms with van der Waals surface area (Å²) in [6, 6.07) is 19.9. The third-order valence-corrected chi connectivity index (χ3v) is 5.11. The Hall–Kier alpha value is -4.99. The summed E-state index contributed by atoms with van der Waals surface area (Å²) in [6.45, 7) is 1.87. The van der Waals surface area contributed by atoms with Crippen LogP contribution in [0.25, 0.3) is 11.3 Å². The largest absolute Gasteiger partial charge is 0.424 e. The molecule has 1 aromatic heterocycles. The molecule has 0 atom stereocenters. The van der Waals surface area contributed by atoms with Crippen LogP contribution < -0.4 is 20.7 Å². The van der Waals surface area contributed by atoms with Crippen molar-refractivity contribution in [3.8, 4) is 17.0 Å². The highest BCUT2D eigenvalue weighted by Crippen LogP contribution is 2.26. The maximum Gasteiger partial charge on any atom is 0.323 e. The summed E-state index contributed by atoms with van der Waals surface area (Å²) < 4.78 is 24.2. The highest BCUT2D eigenvalue weighted by Gasteiger charge is 2.17. The molecule has 1 heterocycles. The van der Waals surface area contributed by atoms with Gasteiger partial charge in [0.25, 0.3) is 5.91 Å². The van der Waals surface area contributed by atoms with Gasteiger partial charge in [-0.15, -0.1) is 0 Å². The number of nitrogens with zero attached hydrogens (tertiary/aromatic N) is 1. The van der Waals surface area contributed by atoms with Crippen LogP contribution in [0.4, 0.5) is 26.2 Å². The van der Waals surface area contributed by atoms with Gasteiger partial charge in [-0.1, -0.05) is 48.5 Å². The number of anilines is 3. The Labute approximate surface area is 211 Å². The number of urea groups is 1. The molecule has 3 N–H and O–H groups in total. The normalized spacial score (nSPS) is 10.4. The molecule has 0 radical (unpaired) electrons. The number of carbonyl (C=O) groups excluding carboxylic acids is 3. The second-order valence-corrected chi connectivity index (χ2v) is 7.89. The van der Waals surface area contributed by atoms with Crippen LogP contribution in [-0.4, -0.2) is 23.1 Å². The molecule has 9 nitrogen and oxygen atoms in total. The summed E-state index contributed by atoms with van der Waals surface area (Å²) >= 11 is 0. The highest BCUT2D eigenvalue weighted by atomic mass is 19.1. The molecule has 10 heteroatoms. The van der Waals surface area contributed by atoms with Gasteiger partial charge in [-0.05, 0) is 42.8 Å². The number of halogens is 1. The van der Waals surface area contributed by atoms with Crippen LogP contribution in [-0.2, 0) is 4.79 Å². The molecule has 188 valence electrons. The second kappa shape index (κ2) is 11.6. The maximum atomic E-state index is 13.7. The summed E-state index contributed by atoms with van der Waals surface area (Å²) in [7, 11) is 0. The van der Waals surface area contributed by atoms with E-state index in [1.807, 2.05) is 6.92 Å². The number of aromatic nitrogens is 1. The molecular weight excluding hydrogens is 479 g/mol. The Morgan fingerprint density at radius 2 is 1.59 bits per heavy atom. The number of hydrogen-bond acceptors (Lipinski definition) is 6. The molecule has 0 saturated carbocycles. The highest BCUT2D eigenvalue weighted by molar-refractivity contribution is 6.04. The van der Waals surface area contributed by atoms with Crippen LogP contribution in [0.5, 0.6) is 5.75 Å². The first kappa shape index (κ1) is 25.1. The minimum absolute atomic E-state index is 0.0452. The van der Waals surface area contributed by atoms with Crippen LogP contribution in [0.1, 0.15) is 30.3 Å². The molecule has 0 aliphatic heterocycles. The van der Waals surface area contributed by atoms with Crippen molar-refractivity contribution < 1.29 is 28.0 Å². The minimum atomic E-state index is -0.598. The Balaban J connectivity index is 1.38. The number of hydrogen-bond donors (Lipinski definition) is 3. The summed E-state index contributed by atoms with van der Waals surface area (Å²) in [5.41, 5.74) is 1.88. The van der Waals surface area contributed by atoms with Gasteiger partial charge >= 0.3 is 12.0 Å². The number of benzene rings is 3. The van der Waals surface area contributed by atoms with Crippen molar-refractivity contribution >= 4 is 35.0 Å². The van der Waals surface area contributed by atoms with Gasteiger partial charge in [-0.3, -0.25) is 9.59 Å². The van der Waals surface area contributed by atoms with Gasteiger partial charge in [0.15, 0.2) is 5.75 Å². The molecule has 3 amide bonds. The van der Waals surface area contributed by atoms with E-state index < -0.39 is 23.7 Å². The number of nitrogens with one attached hydrogen (secondary N) is 3. The predicted octanol–water partition coefficient (Wildman–Crippen LogP) is 6.08. The lowest BCUT2D eigenvalue weighted by Gasteiger charge is -2.10. The van der Waals surface area contributed by atoms with Crippen molar-refractivity contribution in [1.82, 2.24) is 5.16 Å². The van der Waals surface area contributed by atoms with E-state index >= 15 is 0 Å². The second-order valence-electron chi connectivity index (χ2n) is 7.89. The molecule has 0 saturated heterocycles. The van der Waals surface area contributed by atoms with Crippen molar-refractivity contribution in [3.63, 3.8) is 0 Å². The van der Waals surface area contributed by atoms with Gasteiger partial charge in [-0.2, -0.15) is 0 Å². The molecule has 0 bridgehead atoms. The average Bonchev–Trinajstić information content (AvgIpc) is 3.38. The zero-order valence-corrected chi connectivity index (χ0v) is 19.8. The summed E-state index contributed by atoms with van der Waals surface area (Å²) in [6.07, 6.45) is 0.907. The lowest BCUT2D eigenvalue weighted by Crippen LogP contribution is -2.20. The molecule has 3 aromatic carbocycles. The first-order valence-corrected chi connectivity index (χ1v) is 11.4. The van der Waals surface area contributed by atoms with Crippen LogP contribution >= 0.6 is 0 Å². The van der Waals surface area contributed by atoms with Crippen LogP contribution in [0.2, 0.25) is 0 Å². The topological polar surface area (TPSA) is 123 Å². The summed E-state index contributed by atoms with van der Waals surface area (Å²) in [5.74, 6) is -1.32. The quantitative estimate of drug-likeness (QED) is 0.198. The number of amides is 3. The minimum Gasteiger partial charge on any atom is -0.424 e. The molecule has 0 aliphatic carbocycles. The molecular formula is C27H23FN4O5. The number of rotatable bonds is 8. The third kappa shape index (κ3) is 6.57. The molecule has 4 aromatic rings. The summed E-state index contributed by atoms with van der Waals surface area (Å²) in [5, 5.41) is 11.7. The SMILES string of the molecule is CCCC(=O)Oc1ccccc1NC(=O)c1cc(-c2ccc(NC(=O)Nc3ccccc3F)cc2)no1. The van der Waals surface area contributed by atoms with Crippen molar-refractivity contribution in [2.24, 2.45) is 0 Å². The van der Waals surface area contributed by atoms with Crippen LogP contribution in [0.3, 0.4) is 0 Å². The van der Waals surface area contributed by atoms with Gasteiger partial charge in [0.2, 0.25) is 5.76 Å². The maximum absolute atomic E-state index is 13.7. The van der Waals surface area contributed by atoms with Crippen molar-refractivity contribution in [3.05, 3.63) is 90.4 Å². The van der Waals surface area contributed by atoms with Gasteiger partial charge in [-0.25, -0.2) is 9.18 Å². The Bertz CT molecular complexity index is 1420. The summed E-state index contributed by atoms with van der Waals surface area (Å²) in [4.78, 5) is 36.7. The van der Waals surface area contributed by atoms with E-state index in [0.29, 0.717) is 29.1 Å². The fourth-order valence-corrected chi connectivity index (χ4v) is 3.31. The monoisotopic (exact) mass is 502 g/mol.